The van der Waals surface area contributed by atoms with Gasteiger partial charge in [0.05, 0.1) is 5.69 Å². The average molecular weight is 319 g/mol. The molecule has 2 aliphatic carbocycles. The number of carbonyl (C=O) groups is 1. The second kappa shape index (κ2) is 5.27. The van der Waals surface area contributed by atoms with E-state index in [1.807, 2.05) is 0 Å². The highest BCUT2D eigenvalue weighted by Crippen LogP contribution is 2.42. The van der Waals surface area contributed by atoms with Gasteiger partial charge in [-0.25, -0.2) is 0 Å². The Morgan fingerprint density at radius 2 is 1.83 bits per heavy atom. The van der Waals surface area contributed by atoms with Crippen molar-refractivity contribution in [1.29, 1.82) is 0 Å². The molecule has 2 heteroatoms. The standard InChI is InChI=1S/C22H25NO/c1-13-5-6-15-16-12-17-20(10-14(2)11-21(17)24)23-19(16)7-8-22(3,4)18(15)9-13/h5-6,9,12,14H,7-8,10-11H2,1-4H3. The van der Waals surface area contributed by atoms with Crippen molar-refractivity contribution in [2.45, 2.75) is 58.8 Å². The molecule has 0 fully saturated rings. The van der Waals surface area contributed by atoms with Gasteiger partial charge < -0.3 is 0 Å². The maximum absolute atomic E-state index is 12.5. The van der Waals surface area contributed by atoms with Crippen LogP contribution in [0.5, 0.6) is 0 Å². The van der Waals surface area contributed by atoms with Crippen molar-refractivity contribution in [1.82, 2.24) is 4.98 Å². The van der Waals surface area contributed by atoms with Crippen LogP contribution in [0.4, 0.5) is 0 Å². The molecule has 4 rings (SSSR count). The van der Waals surface area contributed by atoms with Gasteiger partial charge in [0.1, 0.15) is 0 Å². The minimum Gasteiger partial charge on any atom is -0.294 e. The van der Waals surface area contributed by atoms with Crippen LogP contribution in [0.25, 0.3) is 11.1 Å². The number of fused-ring (bicyclic) bond motifs is 4. The fourth-order valence-corrected chi connectivity index (χ4v) is 4.26. The first-order valence-corrected chi connectivity index (χ1v) is 9.02. The van der Waals surface area contributed by atoms with Crippen LogP contribution in [0.2, 0.25) is 0 Å². The molecule has 0 N–H and O–H groups in total. The molecule has 0 bridgehead atoms. The highest BCUT2D eigenvalue weighted by Gasteiger charge is 2.31. The Labute approximate surface area is 144 Å². The van der Waals surface area contributed by atoms with Crippen molar-refractivity contribution < 1.29 is 4.79 Å². The van der Waals surface area contributed by atoms with Gasteiger partial charge in [-0.2, -0.15) is 0 Å². The number of ketones is 1. The van der Waals surface area contributed by atoms with E-state index < -0.39 is 0 Å². The number of aromatic nitrogens is 1. The van der Waals surface area contributed by atoms with Crippen LogP contribution in [0.3, 0.4) is 0 Å². The normalized spacial score (nSPS) is 21.5. The van der Waals surface area contributed by atoms with E-state index in [9.17, 15) is 4.79 Å². The van der Waals surface area contributed by atoms with Gasteiger partial charge in [0.25, 0.3) is 0 Å². The van der Waals surface area contributed by atoms with E-state index in [1.54, 1.807) is 0 Å². The number of nitrogens with zero attached hydrogens (tertiary/aromatic N) is 1. The molecular weight excluding hydrogens is 294 g/mol. The Morgan fingerprint density at radius 3 is 2.62 bits per heavy atom. The van der Waals surface area contributed by atoms with Crippen molar-refractivity contribution in [3.63, 3.8) is 0 Å². The van der Waals surface area contributed by atoms with Gasteiger partial charge in [-0.1, -0.05) is 44.5 Å². The lowest BCUT2D eigenvalue weighted by molar-refractivity contribution is 0.0952. The van der Waals surface area contributed by atoms with Gasteiger partial charge in [0.15, 0.2) is 5.78 Å². The monoisotopic (exact) mass is 319 g/mol. The molecule has 0 spiro atoms. The van der Waals surface area contributed by atoms with Gasteiger partial charge in [0.2, 0.25) is 0 Å². The Morgan fingerprint density at radius 1 is 1.04 bits per heavy atom. The van der Waals surface area contributed by atoms with Gasteiger partial charge in [-0.15, -0.1) is 0 Å². The number of rotatable bonds is 0. The van der Waals surface area contributed by atoms with Crippen LogP contribution in [-0.2, 0) is 18.3 Å². The maximum Gasteiger partial charge on any atom is 0.165 e. The average Bonchev–Trinajstić information content (AvgIpc) is 2.61. The second-order valence-electron chi connectivity index (χ2n) is 8.35. The molecule has 1 unspecified atom stereocenters. The van der Waals surface area contributed by atoms with Crippen molar-refractivity contribution >= 4 is 5.78 Å². The summed E-state index contributed by atoms with van der Waals surface area (Å²) in [7, 11) is 0. The van der Waals surface area contributed by atoms with Crippen molar-refractivity contribution in [3.8, 4) is 11.1 Å². The summed E-state index contributed by atoms with van der Waals surface area (Å²) in [5.41, 5.74) is 8.30. The summed E-state index contributed by atoms with van der Waals surface area (Å²) in [5, 5.41) is 0. The molecule has 1 aromatic heterocycles. The molecule has 124 valence electrons. The first-order valence-electron chi connectivity index (χ1n) is 9.02. The zero-order valence-corrected chi connectivity index (χ0v) is 15.1. The smallest absolute Gasteiger partial charge is 0.165 e. The Kier molecular flexibility index (Phi) is 3.42. The molecule has 1 atom stereocenters. The third-order valence-electron chi connectivity index (χ3n) is 5.74. The van der Waals surface area contributed by atoms with Gasteiger partial charge in [-0.3, -0.25) is 9.78 Å². The number of aryl methyl sites for hydroxylation is 2. The summed E-state index contributed by atoms with van der Waals surface area (Å²) in [4.78, 5) is 17.5. The second-order valence-corrected chi connectivity index (χ2v) is 8.35. The Balaban J connectivity index is 1.97. The Hall–Kier alpha value is -1.96. The molecule has 1 aromatic carbocycles. The zero-order chi connectivity index (χ0) is 17.1. The molecule has 0 saturated carbocycles. The Bertz CT molecular complexity index is 847. The molecule has 0 radical (unpaired) electrons. The zero-order valence-electron chi connectivity index (χ0n) is 15.1. The SMILES string of the molecule is Cc1ccc2c(c1)C(C)(C)CCc1nc3c(cc1-2)C(=O)CC(C)C3. The van der Waals surface area contributed by atoms with Gasteiger partial charge in [0, 0.05) is 23.2 Å². The molecule has 2 aromatic rings. The van der Waals surface area contributed by atoms with E-state index in [0.717, 1.165) is 30.5 Å². The van der Waals surface area contributed by atoms with Crippen LogP contribution in [-0.4, -0.2) is 10.8 Å². The predicted molar refractivity (Wildman–Crippen MR) is 97.6 cm³/mol. The van der Waals surface area contributed by atoms with Gasteiger partial charge >= 0.3 is 0 Å². The van der Waals surface area contributed by atoms with Crippen LogP contribution in [0.1, 0.15) is 66.5 Å². The first kappa shape index (κ1) is 15.6. The van der Waals surface area contributed by atoms with Crippen LogP contribution in [0.15, 0.2) is 24.3 Å². The summed E-state index contributed by atoms with van der Waals surface area (Å²) >= 11 is 0. The molecule has 2 aliphatic rings. The van der Waals surface area contributed by atoms with Crippen LogP contribution in [0, 0.1) is 12.8 Å². The third kappa shape index (κ3) is 2.40. The maximum atomic E-state index is 12.5. The van der Waals surface area contributed by atoms with Crippen LogP contribution >= 0.6 is 0 Å². The third-order valence-corrected chi connectivity index (χ3v) is 5.74. The molecule has 0 aliphatic heterocycles. The number of carbonyl (C=O) groups excluding carboxylic acids is 1. The fourth-order valence-electron chi connectivity index (χ4n) is 4.26. The number of hydrogen-bond acceptors (Lipinski definition) is 2. The molecule has 0 saturated heterocycles. The summed E-state index contributed by atoms with van der Waals surface area (Å²) < 4.78 is 0. The highest BCUT2D eigenvalue weighted by molar-refractivity contribution is 5.99. The van der Waals surface area contributed by atoms with E-state index in [4.69, 9.17) is 4.98 Å². The summed E-state index contributed by atoms with van der Waals surface area (Å²) in [6, 6.07) is 8.85. The first-order chi connectivity index (χ1) is 11.3. The lowest BCUT2D eigenvalue weighted by Crippen LogP contribution is -2.20. The van der Waals surface area contributed by atoms with E-state index in [2.05, 4.69) is 52.0 Å². The predicted octanol–water partition coefficient (Wildman–Crippen LogP) is 5.05. The van der Waals surface area contributed by atoms with Crippen molar-refractivity contribution in [2.75, 3.05) is 0 Å². The minimum absolute atomic E-state index is 0.125. The number of pyridine rings is 1. The molecule has 0 amide bonds. The number of hydrogen-bond donors (Lipinski definition) is 0. The lowest BCUT2D eigenvalue weighted by atomic mass is 9.78. The lowest BCUT2D eigenvalue weighted by Gasteiger charge is -2.26. The van der Waals surface area contributed by atoms with E-state index in [1.165, 1.54) is 27.9 Å². The van der Waals surface area contributed by atoms with E-state index >= 15 is 0 Å². The summed E-state index contributed by atoms with van der Waals surface area (Å²) in [6.07, 6.45) is 3.65. The van der Waals surface area contributed by atoms with Gasteiger partial charge in [-0.05, 0) is 54.7 Å². The summed E-state index contributed by atoms with van der Waals surface area (Å²) in [6.45, 7) is 8.95. The van der Waals surface area contributed by atoms with E-state index in [-0.39, 0.29) is 11.2 Å². The highest BCUT2D eigenvalue weighted by atomic mass is 16.1. The molecule has 24 heavy (non-hydrogen) atoms. The van der Waals surface area contributed by atoms with Crippen molar-refractivity contribution in [3.05, 3.63) is 52.3 Å². The molecule has 1 heterocycles. The summed E-state index contributed by atoms with van der Waals surface area (Å²) in [5.74, 6) is 0.670. The van der Waals surface area contributed by atoms with Crippen LogP contribution < -0.4 is 0 Å². The topological polar surface area (TPSA) is 30.0 Å². The minimum atomic E-state index is 0.125. The molecule has 2 nitrogen and oxygen atoms in total. The number of benzene rings is 1. The van der Waals surface area contributed by atoms with Crippen molar-refractivity contribution in [2.24, 2.45) is 5.92 Å². The number of Topliss-reactive ketones (excluding diaryl/α,β-unsaturated/α-hetero) is 1. The quantitative estimate of drug-likeness (QED) is 0.680. The fraction of sp³-hybridized carbons (Fsp3) is 0.455. The molecular formula is C22H25NO. The van der Waals surface area contributed by atoms with E-state index in [0.29, 0.717) is 12.3 Å². The largest absolute Gasteiger partial charge is 0.294 e.